The third-order valence-electron chi connectivity index (χ3n) is 4.49. The molecule has 0 unspecified atom stereocenters. The molecule has 2 amide bonds. The van der Waals surface area contributed by atoms with Gasteiger partial charge in [-0.1, -0.05) is 44.2 Å². The van der Waals surface area contributed by atoms with E-state index in [4.69, 9.17) is 4.74 Å². The van der Waals surface area contributed by atoms with Gasteiger partial charge in [0.15, 0.2) is 0 Å². The molecule has 0 aliphatic carbocycles. The van der Waals surface area contributed by atoms with Crippen molar-refractivity contribution in [3.05, 3.63) is 65.5 Å². The van der Waals surface area contributed by atoms with Gasteiger partial charge in [0, 0.05) is 7.05 Å². The average molecular weight is 386 g/mol. The van der Waals surface area contributed by atoms with Gasteiger partial charge in [-0.3, -0.25) is 9.59 Å². The number of benzene rings is 2. The van der Waals surface area contributed by atoms with Crippen LogP contribution in [0.15, 0.2) is 48.5 Å². The Hall–Kier alpha value is -2.89. The number of rotatable bonds is 8. The first kappa shape index (κ1) is 21.4. The minimum Gasteiger partial charge on any atom is -0.491 e. The highest BCUT2D eigenvalue weighted by molar-refractivity contribution is 5.97. The number of hydrogen-bond acceptors (Lipinski definition) is 3. The molecule has 2 aromatic carbocycles. The summed E-state index contributed by atoms with van der Waals surface area (Å²) in [6.07, 6.45) is 0. The number of amides is 2. The van der Waals surface area contributed by atoms with Gasteiger partial charge in [0.1, 0.15) is 24.2 Å². The molecule has 2 rings (SSSR count). The lowest BCUT2D eigenvalue weighted by Gasteiger charge is -2.27. The summed E-state index contributed by atoms with van der Waals surface area (Å²) >= 11 is 0. The predicted octanol–water partition coefficient (Wildman–Crippen LogP) is 3.43. The van der Waals surface area contributed by atoms with Crippen LogP contribution < -0.4 is 10.1 Å². The van der Waals surface area contributed by atoms with Crippen LogP contribution >= 0.6 is 0 Å². The molecule has 0 saturated carbocycles. The van der Waals surface area contributed by atoms with Gasteiger partial charge in [0.25, 0.3) is 5.91 Å². The summed E-state index contributed by atoms with van der Waals surface area (Å²) in [4.78, 5) is 26.7. The molecule has 0 aliphatic heterocycles. The fraction of sp³-hybridized carbons (Fsp3) is 0.364. The van der Waals surface area contributed by atoms with Crippen molar-refractivity contribution in [1.29, 1.82) is 0 Å². The Morgan fingerprint density at radius 1 is 1.11 bits per heavy atom. The Labute approximate surface area is 165 Å². The van der Waals surface area contributed by atoms with E-state index in [-0.39, 0.29) is 17.4 Å². The number of carbonyl (C=O) groups is 2. The average Bonchev–Trinajstić information content (AvgIpc) is 2.67. The molecule has 0 fully saturated rings. The van der Waals surface area contributed by atoms with E-state index >= 15 is 0 Å². The van der Waals surface area contributed by atoms with Crippen molar-refractivity contribution < 1.29 is 18.7 Å². The standard InChI is InChI=1S/C22H27FN2O3/c1-15(2)20(24-21(26)17-10-6-7-11-18(17)23)22(27)25(4)13-14-28-19-12-8-5-9-16(19)3/h5-12,15,20H,13-14H2,1-4H3,(H,24,26)/t20-/m0/s1. The maximum atomic E-state index is 13.8. The molecule has 0 bridgehead atoms. The highest BCUT2D eigenvalue weighted by Gasteiger charge is 2.28. The van der Waals surface area contributed by atoms with Gasteiger partial charge in [-0.2, -0.15) is 0 Å². The number of aryl methyl sites for hydroxylation is 1. The number of nitrogens with zero attached hydrogens (tertiary/aromatic N) is 1. The first-order chi connectivity index (χ1) is 13.3. The first-order valence-corrected chi connectivity index (χ1v) is 9.30. The van der Waals surface area contributed by atoms with Crippen molar-refractivity contribution >= 4 is 11.8 Å². The van der Waals surface area contributed by atoms with E-state index in [1.807, 2.05) is 45.0 Å². The molecular weight excluding hydrogens is 359 g/mol. The quantitative estimate of drug-likeness (QED) is 0.756. The molecular formula is C22H27FN2O3. The van der Waals surface area contributed by atoms with Crippen molar-refractivity contribution in [3.8, 4) is 5.75 Å². The maximum Gasteiger partial charge on any atom is 0.254 e. The van der Waals surface area contributed by atoms with Gasteiger partial charge in [-0.05, 0) is 36.6 Å². The van der Waals surface area contributed by atoms with Crippen molar-refractivity contribution in [2.45, 2.75) is 26.8 Å². The number of nitrogens with one attached hydrogen (secondary N) is 1. The highest BCUT2D eigenvalue weighted by atomic mass is 19.1. The van der Waals surface area contributed by atoms with Crippen LogP contribution in [0.25, 0.3) is 0 Å². The molecule has 0 saturated heterocycles. The summed E-state index contributed by atoms with van der Waals surface area (Å²) in [5.41, 5.74) is 0.945. The third kappa shape index (κ3) is 5.55. The largest absolute Gasteiger partial charge is 0.491 e. The molecule has 5 nitrogen and oxygen atoms in total. The highest BCUT2D eigenvalue weighted by Crippen LogP contribution is 2.16. The molecule has 28 heavy (non-hydrogen) atoms. The summed E-state index contributed by atoms with van der Waals surface area (Å²) in [5, 5.41) is 2.66. The number of likely N-dealkylation sites (N-methyl/N-ethyl adjacent to an activating group) is 1. The molecule has 0 aromatic heterocycles. The van der Waals surface area contributed by atoms with Crippen molar-refractivity contribution in [2.75, 3.05) is 20.2 Å². The van der Waals surface area contributed by atoms with Crippen molar-refractivity contribution in [2.24, 2.45) is 5.92 Å². The lowest BCUT2D eigenvalue weighted by molar-refractivity contribution is -0.133. The summed E-state index contributed by atoms with van der Waals surface area (Å²) in [6, 6.07) is 12.6. The molecule has 1 atom stereocenters. The van der Waals surface area contributed by atoms with Crippen LogP contribution in [0, 0.1) is 18.7 Å². The Balaban J connectivity index is 1.96. The molecule has 2 aromatic rings. The van der Waals surface area contributed by atoms with Crippen LogP contribution in [-0.2, 0) is 4.79 Å². The van der Waals surface area contributed by atoms with Crippen LogP contribution in [0.5, 0.6) is 5.75 Å². The smallest absolute Gasteiger partial charge is 0.254 e. The van der Waals surface area contributed by atoms with E-state index in [0.29, 0.717) is 13.2 Å². The normalized spacial score (nSPS) is 11.8. The molecule has 150 valence electrons. The van der Waals surface area contributed by atoms with Gasteiger partial charge in [0.2, 0.25) is 5.91 Å². The lowest BCUT2D eigenvalue weighted by atomic mass is 10.0. The van der Waals surface area contributed by atoms with Crippen LogP contribution in [0.2, 0.25) is 0 Å². The van der Waals surface area contributed by atoms with Gasteiger partial charge < -0.3 is 15.0 Å². The molecule has 6 heteroatoms. The van der Waals surface area contributed by atoms with E-state index in [1.54, 1.807) is 13.1 Å². The summed E-state index contributed by atoms with van der Waals surface area (Å²) in [7, 11) is 1.66. The van der Waals surface area contributed by atoms with E-state index in [1.165, 1.54) is 23.1 Å². The second-order valence-corrected chi connectivity index (χ2v) is 7.05. The summed E-state index contributed by atoms with van der Waals surface area (Å²) in [6.45, 7) is 6.33. The molecule has 0 heterocycles. The second kappa shape index (κ2) is 9.88. The van der Waals surface area contributed by atoms with E-state index in [9.17, 15) is 14.0 Å². The third-order valence-corrected chi connectivity index (χ3v) is 4.49. The Morgan fingerprint density at radius 2 is 1.75 bits per heavy atom. The molecule has 0 radical (unpaired) electrons. The topological polar surface area (TPSA) is 58.6 Å². The number of hydrogen-bond donors (Lipinski definition) is 1. The van der Waals surface area contributed by atoms with Crippen LogP contribution in [-0.4, -0.2) is 43.0 Å². The SMILES string of the molecule is Cc1ccccc1OCCN(C)C(=O)[C@@H](NC(=O)c1ccccc1F)C(C)C. The van der Waals surface area contributed by atoms with Crippen LogP contribution in [0.3, 0.4) is 0 Å². The van der Waals surface area contributed by atoms with Gasteiger partial charge in [-0.25, -0.2) is 4.39 Å². The van der Waals surface area contributed by atoms with Gasteiger partial charge in [-0.15, -0.1) is 0 Å². The zero-order chi connectivity index (χ0) is 20.7. The number of para-hydroxylation sites is 1. The van der Waals surface area contributed by atoms with Crippen molar-refractivity contribution in [1.82, 2.24) is 10.2 Å². The fourth-order valence-electron chi connectivity index (χ4n) is 2.74. The number of halogens is 1. The van der Waals surface area contributed by atoms with E-state index in [2.05, 4.69) is 5.32 Å². The lowest BCUT2D eigenvalue weighted by Crippen LogP contribution is -2.51. The van der Waals surface area contributed by atoms with Crippen LogP contribution in [0.4, 0.5) is 4.39 Å². The molecule has 0 aliphatic rings. The monoisotopic (exact) mass is 386 g/mol. The van der Waals surface area contributed by atoms with E-state index in [0.717, 1.165) is 11.3 Å². The zero-order valence-electron chi connectivity index (χ0n) is 16.7. The minimum atomic E-state index is -0.754. The Bertz CT molecular complexity index is 823. The molecule has 1 N–H and O–H groups in total. The minimum absolute atomic E-state index is 0.0773. The van der Waals surface area contributed by atoms with Gasteiger partial charge in [0.05, 0.1) is 12.1 Å². The van der Waals surface area contributed by atoms with Crippen molar-refractivity contribution in [3.63, 3.8) is 0 Å². The Morgan fingerprint density at radius 3 is 2.39 bits per heavy atom. The van der Waals surface area contributed by atoms with Gasteiger partial charge >= 0.3 is 0 Å². The predicted molar refractivity (Wildman–Crippen MR) is 107 cm³/mol. The fourth-order valence-corrected chi connectivity index (χ4v) is 2.74. The Kier molecular flexibility index (Phi) is 7.55. The summed E-state index contributed by atoms with van der Waals surface area (Å²) in [5.74, 6) is -0.836. The summed E-state index contributed by atoms with van der Waals surface area (Å²) < 4.78 is 19.6. The first-order valence-electron chi connectivity index (χ1n) is 9.30. The maximum absolute atomic E-state index is 13.8. The van der Waals surface area contributed by atoms with E-state index < -0.39 is 17.8 Å². The van der Waals surface area contributed by atoms with Crippen LogP contribution in [0.1, 0.15) is 29.8 Å². The zero-order valence-corrected chi connectivity index (χ0v) is 16.7. The second-order valence-electron chi connectivity index (χ2n) is 7.05. The number of ether oxygens (including phenoxy) is 1. The molecule has 0 spiro atoms. The number of carbonyl (C=O) groups excluding carboxylic acids is 2.